The molecular formula is C19H24N2O3S. The minimum Gasteiger partial charge on any atom is -0.449 e. The first kappa shape index (κ1) is 17.7. The van der Waals surface area contributed by atoms with Crippen molar-refractivity contribution in [2.24, 2.45) is 0 Å². The van der Waals surface area contributed by atoms with Gasteiger partial charge in [0.25, 0.3) is 5.91 Å². The van der Waals surface area contributed by atoms with E-state index in [4.69, 9.17) is 4.74 Å². The first-order chi connectivity index (χ1) is 12.0. The van der Waals surface area contributed by atoms with Crippen LogP contribution in [0.4, 0.5) is 0 Å². The van der Waals surface area contributed by atoms with Crippen LogP contribution < -0.4 is 0 Å². The van der Waals surface area contributed by atoms with E-state index < -0.39 is 12.1 Å². The smallest absolute Gasteiger partial charge is 0.340 e. The van der Waals surface area contributed by atoms with E-state index in [0.29, 0.717) is 5.56 Å². The minimum atomic E-state index is -0.744. The zero-order valence-electron chi connectivity index (χ0n) is 14.9. The van der Waals surface area contributed by atoms with E-state index >= 15 is 0 Å². The molecule has 0 aromatic carbocycles. The van der Waals surface area contributed by atoms with Gasteiger partial charge >= 0.3 is 5.97 Å². The van der Waals surface area contributed by atoms with Gasteiger partial charge < -0.3 is 14.2 Å². The number of hydrogen-bond acceptors (Lipinski definition) is 4. The average Bonchev–Trinajstić information content (AvgIpc) is 3.32. The first-order valence-electron chi connectivity index (χ1n) is 8.66. The third-order valence-corrected chi connectivity index (χ3v) is 5.60. The molecule has 0 saturated carbocycles. The lowest BCUT2D eigenvalue weighted by molar-refractivity contribution is -0.138. The van der Waals surface area contributed by atoms with E-state index in [1.54, 1.807) is 23.2 Å². The minimum absolute atomic E-state index is 0.0988. The lowest BCUT2D eigenvalue weighted by atomic mass is 10.2. The number of ether oxygens (including phenoxy) is 1. The topological polar surface area (TPSA) is 51.5 Å². The van der Waals surface area contributed by atoms with Crippen LogP contribution in [0.5, 0.6) is 0 Å². The van der Waals surface area contributed by atoms with E-state index in [0.717, 1.165) is 43.9 Å². The fraction of sp³-hybridized carbons (Fsp3) is 0.474. The lowest BCUT2D eigenvalue weighted by Crippen LogP contribution is -2.38. The summed E-state index contributed by atoms with van der Waals surface area (Å²) in [6, 6.07) is 5.95. The van der Waals surface area contributed by atoms with Crippen molar-refractivity contribution < 1.29 is 14.3 Å². The highest BCUT2D eigenvalue weighted by molar-refractivity contribution is 7.09. The first-order valence-corrected chi connectivity index (χ1v) is 9.54. The molecule has 134 valence electrons. The SMILES string of the molecule is Cc1cc(C(=O)O[C@@H](C)C(=O)N2CCCC2)c(C)n1Cc1cccs1. The molecule has 1 aliphatic heterocycles. The Morgan fingerprint density at radius 1 is 1.28 bits per heavy atom. The van der Waals surface area contributed by atoms with Gasteiger partial charge in [0, 0.05) is 29.4 Å². The highest BCUT2D eigenvalue weighted by Gasteiger charge is 2.27. The van der Waals surface area contributed by atoms with E-state index in [9.17, 15) is 9.59 Å². The summed E-state index contributed by atoms with van der Waals surface area (Å²) in [5, 5.41) is 2.05. The van der Waals surface area contributed by atoms with Crippen LogP contribution in [0.15, 0.2) is 23.6 Å². The van der Waals surface area contributed by atoms with Gasteiger partial charge in [-0.25, -0.2) is 4.79 Å². The molecule has 1 fully saturated rings. The summed E-state index contributed by atoms with van der Waals surface area (Å²) in [6.07, 6.45) is 1.30. The molecular weight excluding hydrogens is 336 g/mol. The maximum absolute atomic E-state index is 12.6. The van der Waals surface area contributed by atoms with Crippen molar-refractivity contribution in [3.63, 3.8) is 0 Å². The van der Waals surface area contributed by atoms with Gasteiger partial charge in [0.1, 0.15) is 0 Å². The number of thiophene rings is 1. The van der Waals surface area contributed by atoms with Gasteiger partial charge in [-0.05, 0) is 51.1 Å². The van der Waals surface area contributed by atoms with Crippen LogP contribution in [0, 0.1) is 13.8 Å². The van der Waals surface area contributed by atoms with Crippen molar-refractivity contribution in [1.29, 1.82) is 0 Å². The Morgan fingerprint density at radius 2 is 2.00 bits per heavy atom. The number of rotatable bonds is 5. The molecule has 25 heavy (non-hydrogen) atoms. The van der Waals surface area contributed by atoms with Crippen LogP contribution >= 0.6 is 11.3 Å². The van der Waals surface area contributed by atoms with Gasteiger partial charge in [0.15, 0.2) is 6.10 Å². The van der Waals surface area contributed by atoms with E-state index in [2.05, 4.69) is 10.6 Å². The Hall–Kier alpha value is -2.08. The highest BCUT2D eigenvalue weighted by atomic mass is 32.1. The summed E-state index contributed by atoms with van der Waals surface area (Å²) in [4.78, 5) is 27.9. The van der Waals surface area contributed by atoms with Gasteiger partial charge in [-0.2, -0.15) is 0 Å². The largest absolute Gasteiger partial charge is 0.449 e. The lowest BCUT2D eigenvalue weighted by Gasteiger charge is -2.20. The van der Waals surface area contributed by atoms with Crippen molar-refractivity contribution in [3.8, 4) is 0 Å². The average molecular weight is 360 g/mol. The maximum Gasteiger partial charge on any atom is 0.340 e. The van der Waals surface area contributed by atoms with Crippen molar-refractivity contribution >= 4 is 23.2 Å². The number of likely N-dealkylation sites (tertiary alicyclic amines) is 1. The normalized spacial score (nSPS) is 15.4. The number of carbonyl (C=O) groups is 2. The summed E-state index contributed by atoms with van der Waals surface area (Å²) in [7, 11) is 0. The fourth-order valence-electron chi connectivity index (χ4n) is 3.28. The van der Waals surface area contributed by atoms with E-state index in [1.165, 1.54) is 4.88 Å². The molecule has 0 N–H and O–H groups in total. The number of hydrogen-bond donors (Lipinski definition) is 0. The summed E-state index contributed by atoms with van der Waals surface area (Å²) in [6.45, 7) is 7.82. The Balaban J connectivity index is 1.70. The molecule has 1 saturated heterocycles. The van der Waals surface area contributed by atoms with Crippen molar-refractivity contribution in [3.05, 3.63) is 45.4 Å². The zero-order valence-corrected chi connectivity index (χ0v) is 15.8. The molecule has 1 atom stereocenters. The quantitative estimate of drug-likeness (QED) is 0.768. The van der Waals surface area contributed by atoms with Crippen LogP contribution in [-0.2, 0) is 16.1 Å². The zero-order chi connectivity index (χ0) is 18.0. The van der Waals surface area contributed by atoms with Crippen LogP contribution in [0.25, 0.3) is 0 Å². The van der Waals surface area contributed by atoms with Crippen LogP contribution in [0.2, 0.25) is 0 Å². The van der Waals surface area contributed by atoms with Gasteiger partial charge in [-0.1, -0.05) is 6.07 Å². The molecule has 2 aromatic rings. The molecule has 5 nitrogen and oxygen atoms in total. The van der Waals surface area contributed by atoms with Crippen molar-refractivity contribution in [2.45, 2.75) is 46.3 Å². The Kier molecular flexibility index (Phi) is 5.27. The van der Waals surface area contributed by atoms with Crippen molar-refractivity contribution in [1.82, 2.24) is 9.47 Å². The summed E-state index contributed by atoms with van der Waals surface area (Å²) < 4.78 is 7.56. The van der Waals surface area contributed by atoms with Crippen molar-refractivity contribution in [2.75, 3.05) is 13.1 Å². The highest BCUT2D eigenvalue weighted by Crippen LogP contribution is 2.21. The molecule has 0 bridgehead atoms. The second-order valence-electron chi connectivity index (χ2n) is 6.53. The molecule has 0 unspecified atom stereocenters. The predicted molar refractivity (Wildman–Crippen MR) is 98.0 cm³/mol. The molecule has 6 heteroatoms. The number of amides is 1. The molecule has 1 aliphatic rings. The fourth-order valence-corrected chi connectivity index (χ4v) is 3.97. The van der Waals surface area contributed by atoms with Crippen LogP contribution in [0.1, 0.15) is 46.4 Å². The van der Waals surface area contributed by atoms with Crippen LogP contribution in [-0.4, -0.2) is 40.5 Å². The van der Waals surface area contributed by atoms with Gasteiger partial charge in [-0.15, -0.1) is 11.3 Å². The Labute approximate surface area is 152 Å². The third kappa shape index (κ3) is 3.79. The monoisotopic (exact) mass is 360 g/mol. The predicted octanol–water partition coefficient (Wildman–Crippen LogP) is 3.38. The van der Waals surface area contributed by atoms with E-state index in [-0.39, 0.29) is 5.91 Å². The van der Waals surface area contributed by atoms with Gasteiger partial charge in [0.05, 0.1) is 12.1 Å². The number of esters is 1. The second-order valence-corrected chi connectivity index (χ2v) is 7.56. The Morgan fingerprint density at radius 3 is 2.64 bits per heavy atom. The van der Waals surface area contributed by atoms with E-state index in [1.807, 2.05) is 31.4 Å². The maximum atomic E-state index is 12.6. The standard InChI is InChI=1S/C19H24N2O3S/c1-13-11-17(14(2)21(13)12-16-7-6-10-25-16)19(23)24-15(3)18(22)20-8-4-5-9-20/h6-7,10-11,15H,4-5,8-9,12H2,1-3H3/t15-/m0/s1. The molecule has 1 amide bonds. The summed E-state index contributed by atoms with van der Waals surface area (Å²) in [5.74, 6) is -0.524. The number of aryl methyl sites for hydroxylation is 1. The summed E-state index contributed by atoms with van der Waals surface area (Å²) >= 11 is 1.69. The molecule has 0 spiro atoms. The summed E-state index contributed by atoms with van der Waals surface area (Å²) in [5.41, 5.74) is 2.42. The number of nitrogens with zero attached hydrogens (tertiary/aromatic N) is 2. The molecule has 3 heterocycles. The van der Waals surface area contributed by atoms with Gasteiger partial charge in [-0.3, -0.25) is 4.79 Å². The second kappa shape index (κ2) is 7.44. The van der Waals surface area contributed by atoms with Gasteiger partial charge in [0.2, 0.25) is 0 Å². The molecule has 0 radical (unpaired) electrons. The molecule has 2 aromatic heterocycles. The molecule has 0 aliphatic carbocycles. The van der Waals surface area contributed by atoms with Crippen LogP contribution in [0.3, 0.4) is 0 Å². The number of carbonyl (C=O) groups excluding carboxylic acids is 2. The number of aromatic nitrogens is 1. The Bertz CT molecular complexity index is 758. The molecule has 3 rings (SSSR count). The third-order valence-electron chi connectivity index (χ3n) is 4.74.